The Morgan fingerprint density at radius 2 is 0.696 bits per heavy atom. The summed E-state index contributed by atoms with van der Waals surface area (Å²) in [6.07, 6.45) is 52.5. The number of carbonyl (C=O) groups excluding carboxylic acids is 3. The van der Waals surface area contributed by atoms with E-state index in [1.54, 1.807) is 0 Å². The van der Waals surface area contributed by atoms with Crippen LogP contribution in [0.5, 0.6) is 0 Å². The Morgan fingerprint density at radius 3 is 1.16 bits per heavy atom. The van der Waals surface area contributed by atoms with Crippen LogP contribution in [0.4, 0.5) is 0 Å². The third-order valence-electron chi connectivity index (χ3n) is 10.0. The van der Waals surface area contributed by atoms with Gasteiger partial charge in [0.2, 0.25) is 0 Å². The molecule has 56 heavy (non-hydrogen) atoms. The number of hydrogen-bond acceptors (Lipinski definition) is 6. The molecule has 6 nitrogen and oxygen atoms in total. The molecule has 1 unspecified atom stereocenters. The van der Waals surface area contributed by atoms with Crippen molar-refractivity contribution >= 4 is 17.9 Å². The molecule has 0 aromatic carbocycles. The zero-order valence-corrected chi connectivity index (χ0v) is 36.9. The summed E-state index contributed by atoms with van der Waals surface area (Å²) >= 11 is 0. The van der Waals surface area contributed by atoms with Crippen molar-refractivity contribution in [3.63, 3.8) is 0 Å². The van der Waals surface area contributed by atoms with Crippen LogP contribution in [0, 0.1) is 0 Å². The van der Waals surface area contributed by atoms with Crippen LogP contribution in [0.15, 0.2) is 48.6 Å². The molecule has 0 aromatic rings. The topological polar surface area (TPSA) is 78.9 Å². The van der Waals surface area contributed by atoms with Gasteiger partial charge in [0.05, 0.1) is 0 Å². The second-order valence-corrected chi connectivity index (χ2v) is 15.6. The molecular formula is C50H88O6. The maximum Gasteiger partial charge on any atom is 0.306 e. The van der Waals surface area contributed by atoms with Crippen molar-refractivity contribution in [3.05, 3.63) is 48.6 Å². The molecule has 0 N–H and O–H groups in total. The summed E-state index contributed by atoms with van der Waals surface area (Å²) in [5, 5.41) is 0. The molecule has 0 aliphatic heterocycles. The van der Waals surface area contributed by atoms with E-state index in [0.29, 0.717) is 19.3 Å². The van der Waals surface area contributed by atoms with E-state index in [2.05, 4.69) is 69.4 Å². The lowest BCUT2D eigenvalue weighted by Crippen LogP contribution is -2.30. The van der Waals surface area contributed by atoms with Crippen LogP contribution < -0.4 is 0 Å². The molecule has 0 rings (SSSR count). The van der Waals surface area contributed by atoms with E-state index >= 15 is 0 Å². The predicted molar refractivity (Wildman–Crippen MR) is 238 cm³/mol. The maximum atomic E-state index is 12.7. The van der Waals surface area contributed by atoms with Crippen molar-refractivity contribution in [2.45, 2.75) is 239 Å². The fourth-order valence-corrected chi connectivity index (χ4v) is 6.47. The predicted octanol–water partition coefficient (Wildman–Crippen LogP) is 15.1. The Balaban J connectivity index is 4.39. The fraction of sp³-hybridized carbons (Fsp3) is 0.780. The second kappa shape index (κ2) is 45.1. The summed E-state index contributed by atoms with van der Waals surface area (Å²) < 4.78 is 16.7. The Morgan fingerprint density at radius 1 is 0.375 bits per heavy atom. The number of allylic oxidation sites excluding steroid dienone is 8. The van der Waals surface area contributed by atoms with Crippen LogP contribution in [0.3, 0.4) is 0 Å². The van der Waals surface area contributed by atoms with Gasteiger partial charge in [-0.25, -0.2) is 0 Å². The summed E-state index contributed by atoms with van der Waals surface area (Å²) in [6, 6.07) is 0. The third-order valence-corrected chi connectivity index (χ3v) is 10.0. The summed E-state index contributed by atoms with van der Waals surface area (Å²) in [4.78, 5) is 37.7. The molecule has 0 bridgehead atoms. The van der Waals surface area contributed by atoms with Gasteiger partial charge in [0.15, 0.2) is 6.10 Å². The van der Waals surface area contributed by atoms with E-state index in [1.165, 1.54) is 109 Å². The van der Waals surface area contributed by atoms with E-state index in [-0.39, 0.29) is 31.1 Å². The molecule has 0 aliphatic rings. The molecule has 1 atom stereocenters. The molecule has 0 spiro atoms. The van der Waals surface area contributed by atoms with Crippen LogP contribution in [-0.4, -0.2) is 37.2 Å². The SMILES string of the molecule is CC/C=C\C/C=C\CCCCC(=O)OCC(COC(=O)CCCCCCCCC/C=C\CCCCCC)OC(=O)CCCCC/C=C\CCCCCCCCC. The molecule has 0 heterocycles. The van der Waals surface area contributed by atoms with E-state index < -0.39 is 6.10 Å². The van der Waals surface area contributed by atoms with Gasteiger partial charge in [-0.3, -0.25) is 14.4 Å². The van der Waals surface area contributed by atoms with Gasteiger partial charge in [-0.05, 0) is 96.3 Å². The molecule has 0 saturated heterocycles. The minimum atomic E-state index is -0.792. The monoisotopic (exact) mass is 785 g/mol. The first-order chi connectivity index (χ1) is 27.5. The number of esters is 3. The van der Waals surface area contributed by atoms with Gasteiger partial charge in [0.1, 0.15) is 13.2 Å². The largest absolute Gasteiger partial charge is 0.462 e. The van der Waals surface area contributed by atoms with Crippen LogP contribution in [-0.2, 0) is 28.6 Å². The van der Waals surface area contributed by atoms with Crippen LogP contribution >= 0.6 is 0 Å². The summed E-state index contributed by atoms with van der Waals surface area (Å²) in [5.74, 6) is -0.950. The highest BCUT2D eigenvalue weighted by molar-refractivity contribution is 5.71. The number of carbonyl (C=O) groups is 3. The Hall–Kier alpha value is -2.63. The highest BCUT2D eigenvalue weighted by atomic mass is 16.6. The van der Waals surface area contributed by atoms with E-state index in [9.17, 15) is 14.4 Å². The van der Waals surface area contributed by atoms with Crippen molar-refractivity contribution in [1.82, 2.24) is 0 Å². The maximum absolute atomic E-state index is 12.7. The van der Waals surface area contributed by atoms with E-state index in [0.717, 1.165) is 83.5 Å². The van der Waals surface area contributed by atoms with Crippen molar-refractivity contribution in [3.8, 4) is 0 Å². The number of unbranched alkanes of at least 4 members (excludes halogenated alkanes) is 23. The Labute approximate surface area is 346 Å². The van der Waals surface area contributed by atoms with Crippen LogP contribution in [0.2, 0.25) is 0 Å². The highest BCUT2D eigenvalue weighted by Gasteiger charge is 2.19. The van der Waals surface area contributed by atoms with Crippen molar-refractivity contribution in [2.24, 2.45) is 0 Å². The smallest absolute Gasteiger partial charge is 0.306 e. The highest BCUT2D eigenvalue weighted by Crippen LogP contribution is 2.13. The fourth-order valence-electron chi connectivity index (χ4n) is 6.47. The van der Waals surface area contributed by atoms with Gasteiger partial charge >= 0.3 is 17.9 Å². The summed E-state index contributed by atoms with van der Waals surface area (Å²) in [5.41, 5.74) is 0. The van der Waals surface area contributed by atoms with Gasteiger partial charge in [-0.15, -0.1) is 0 Å². The van der Waals surface area contributed by atoms with Crippen molar-refractivity contribution in [1.29, 1.82) is 0 Å². The lowest BCUT2D eigenvalue weighted by Gasteiger charge is -2.18. The number of hydrogen-bond donors (Lipinski definition) is 0. The van der Waals surface area contributed by atoms with Gasteiger partial charge in [-0.1, -0.05) is 166 Å². The quantitative estimate of drug-likeness (QED) is 0.0265. The Kier molecular flexibility index (Phi) is 43.0. The van der Waals surface area contributed by atoms with Gasteiger partial charge < -0.3 is 14.2 Å². The molecule has 0 aromatic heterocycles. The molecule has 0 saturated carbocycles. The molecule has 0 fully saturated rings. The van der Waals surface area contributed by atoms with Gasteiger partial charge in [-0.2, -0.15) is 0 Å². The minimum absolute atomic E-state index is 0.0914. The molecular weight excluding hydrogens is 697 g/mol. The Bertz CT molecular complexity index is 996. The number of ether oxygens (including phenoxy) is 3. The van der Waals surface area contributed by atoms with Crippen molar-refractivity contribution in [2.75, 3.05) is 13.2 Å². The molecule has 0 radical (unpaired) electrons. The first kappa shape index (κ1) is 53.4. The lowest BCUT2D eigenvalue weighted by molar-refractivity contribution is -0.167. The first-order valence-corrected chi connectivity index (χ1v) is 23.6. The van der Waals surface area contributed by atoms with Crippen molar-refractivity contribution < 1.29 is 28.6 Å². The summed E-state index contributed by atoms with van der Waals surface area (Å²) in [7, 11) is 0. The van der Waals surface area contributed by atoms with E-state index in [4.69, 9.17) is 14.2 Å². The standard InChI is InChI=1S/C50H88O6/c1-4-7-10-13-16-19-21-23-25-27-28-31-34-37-40-43-49(52)55-46-47(45-54-48(51)42-39-36-33-30-18-15-12-9-6-3)56-50(53)44-41-38-35-32-29-26-24-22-20-17-14-11-8-5-2/h9,12,18-19,21,26,29-30,47H,4-8,10-11,13-17,20,22-25,27-28,31-46H2,1-3H3/b12-9-,21-19-,29-26-,30-18-. The first-order valence-electron chi connectivity index (χ1n) is 23.6. The molecule has 0 amide bonds. The zero-order chi connectivity index (χ0) is 40.8. The lowest BCUT2D eigenvalue weighted by atomic mass is 10.1. The second-order valence-electron chi connectivity index (χ2n) is 15.6. The zero-order valence-electron chi connectivity index (χ0n) is 36.9. The number of rotatable bonds is 42. The molecule has 324 valence electrons. The molecule has 6 heteroatoms. The third kappa shape index (κ3) is 42.5. The summed E-state index contributed by atoms with van der Waals surface area (Å²) in [6.45, 7) is 6.44. The van der Waals surface area contributed by atoms with Gasteiger partial charge in [0, 0.05) is 19.3 Å². The van der Waals surface area contributed by atoms with Gasteiger partial charge in [0.25, 0.3) is 0 Å². The van der Waals surface area contributed by atoms with Crippen LogP contribution in [0.1, 0.15) is 233 Å². The van der Waals surface area contributed by atoms with E-state index in [1.807, 2.05) is 0 Å². The van der Waals surface area contributed by atoms with Crippen LogP contribution in [0.25, 0.3) is 0 Å². The average molecular weight is 785 g/mol. The average Bonchev–Trinajstić information content (AvgIpc) is 3.19. The minimum Gasteiger partial charge on any atom is -0.462 e. The molecule has 0 aliphatic carbocycles. The normalized spacial score (nSPS) is 12.4.